The number of ketones is 1. The molecule has 0 aliphatic heterocycles. The topological polar surface area (TPSA) is 57.2 Å². The van der Waals surface area contributed by atoms with Crippen LogP contribution in [0.3, 0.4) is 0 Å². The summed E-state index contributed by atoms with van der Waals surface area (Å²) in [5, 5.41) is 10.1. The number of hydrogen-bond donors (Lipinski definition) is 0. The van der Waals surface area contributed by atoms with Crippen molar-refractivity contribution in [2.75, 3.05) is 0 Å². The fourth-order valence-corrected chi connectivity index (χ4v) is 0.857. The molecule has 0 amide bonds. The summed E-state index contributed by atoms with van der Waals surface area (Å²) in [6.07, 6.45) is -0.552. The van der Waals surface area contributed by atoms with Crippen LogP contribution in [-0.4, -0.2) is 11.8 Å². The van der Waals surface area contributed by atoms with Gasteiger partial charge < -0.3 is 9.90 Å². The van der Waals surface area contributed by atoms with E-state index < -0.39 is 18.2 Å². The van der Waals surface area contributed by atoms with Crippen LogP contribution in [0.4, 0.5) is 0 Å². The zero-order chi connectivity index (χ0) is 8.97. The Morgan fingerprint density at radius 1 is 1.15 bits per heavy atom. The summed E-state index contributed by atoms with van der Waals surface area (Å²) in [6, 6.07) is 8.28. The molecule has 0 aromatic heterocycles. The summed E-state index contributed by atoms with van der Waals surface area (Å²) in [5.41, 5.74) is 0.404. The van der Waals surface area contributed by atoms with Crippen molar-refractivity contribution in [3.63, 3.8) is 0 Å². The first kappa shape index (κ1) is 12.1. The van der Waals surface area contributed by atoms with Gasteiger partial charge in [0.2, 0.25) is 0 Å². The van der Waals surface area contributed by atoms with Crippen LogP contribution >= 0.6 is 0 Å². The van der Waals surface area contributed by atoms with Gasteiger partial charge in [-0.25, -0.2) is 0 Å². The van der Waals surface area contributed by atoms with Crippen molar-refractivity contribution >= 4 is 11.8 Å². The average molecular weight is 271 g/mol. The molecule has 0 aliphatic carbocycles. The van der Waals surface area contributed by atoms with E-state index in [-0.39, 0.29) is 22.4 Å². The van der Waals surface area contributed by atoms with Crippen molar-refractivity contribution in [3.8, 4) is 0 Å². The van der Waals surface area contributed by atoms with Crippen molar-refractivity contribution in [2.24, 2.45) is 0 Å². The molecule has 0 unspecified atom stereocenters. The summed E-state index contributed by atoms with van der Waals surface area (Å²) in [4.78, 5) is 21.1. The fourth-order valence-electron chi connectivity index (χ4n) is 0.857. The number of carbonyl (C=O) groups excluding carboxylic acids is 2. The predicted octanol–water partition coefficient (Wildman–Crippen LogP) is 0.00680. The molecule has 1 aromatic rings. The first-order valence-corrected chi connectivity index (χ1v) is 3.48. The van der Waals surface area contributed by atoms with Crippen LogP contribution in [0.5, 0.6) is 0 Å². The SMILES string of the molecule is O=C([O-])CC(=O)c1ccccc1.[Ag+]. The largest absolute Gasteiger partial charge is 1.00 e. The Hall–Kier alpha value is -0.900. The Morgan fingerprint density at radius 3 is 2.15 bits per heavy atom. The van der Waals surface area contributed by atoms with Crippen molar-refractivity contribution < 1.29 is 37.1 Å². The van der Waals surface area contributed by atoms with Crippen LogP contribution in [-0.2, 0) is 27.2 Å². The Labute approximate surface area is 91.3 Å². The Balaban J connectivity index is 0.00000144. The van der Waals surface area contributed by atoms with Gasteiger partial charge >= 0.3 is 22.4 Å². The second-order valence-corrected chi connectivity index (χ2v) is 2.34. The third kappa shape index (κ3) is 4.03. The maximum atomic E-state index is 11.0. The molecule has 0 bridgehead atoms. The van der Waals surface area contributed by atoms with Crippen LogP contribution in [0.1, 0.15) is 16.8 Å². The number of Topliss-reactive ketones (excluding diaryl/α,β-unsaturated/α-hetero) is 1. The molecule has 1 rings (SSSR count). The molecule has 1 aromatic carbocycles. The van der Waals surface area contributed by atoms with E-state index in [9.17, 15) is 14.7 Å². The Bertz CT molecular complexity index is 295. The summed E-state index contributed by atoms with van der Waals surface area (Å²) in [6.45, 7) is 0. The standard InChI is InChI=1S/C9H8O3.Ag/c10-8(6-9(11)12)7-4-2-1-3-5-7;/h1-5H,6H2,(H,11,12);/q;+1/p-1. The molecule has 0 saturated heterocycles. The van der Waals surface area contributed by atoms with Crippen LogP contribution in [0.15, 0.2) is 30.3 Å². The minimum atomic E-state index is -1.34. The third-order valence-corrected chi connectivity index (χ3v) is 1.40. The van der Waals surface area contributed by atoms with E-state index in [4.69, 9.17) is 0 Å². The molecular formula is C9H7AgO3. The Morgan fingerprint density at radius 2 is 1.69 bits per heavy atom. The van der Waals surface area contributed by atoms with Crippen LogP contribution < -0.4 is 5.11 Å². The van der Waals surface area contributed by atoms with Crippen molar-refractivity contribution in [1.82, 2.24) is 0 Å². The molecule has 0 atom stereocenters. The van der Waals surface area contributed by atoms with Gasteiger partial charge in [0.05, 0.1) is 6.42 Å². The molecule has 4 heteroatoms. The number of aliphatic carboxylic acids is 1. The maximum Gasteiger partial charge on any atom is 1.00 e. The number of rotatable bonds is 3. The van der Waals surface area contributed by atoms with Gasteiger partial charge in [-0.2, -0.15) is 0 Å². The van der Waals surface area contributed by atoms with Gasteiger partial charge in [-0.15, -0.1) is 0 Å². The second-order valence-electron chi connectivity index (χ2n) is 2.34. The third-order valence-electron chi connectivity index (χ3n) is 1.40. The molecule has 0 aliphatic rings. The summed E-state index contributed by atoms with van der Waals surface area (Å²) < 4.78 is 0. The molecular weight excluding hydrogens is 264 g/mol. The summed E-state index contributed by atoms with van der Waals surface area (Å²) >= 11 is 0. The van der Waals surface area contributed by atoms with E-state index in [1.54, 1.807) is 30.3 Å². The number of carboxylic acid groups (broad SMARTS) is 1. The first-order valence-electron chi connectivity index (χ1n) is 3.48. The van der Waals surface area contributed by atoms with Gasteiger partial charge in [-0.05, 0) is 0 Å². The van der Waals surface area contributed by atoms with E-state index in [0.29, 0.717) is 5.56 Å². The van der Waals surface area contributed by atoms with E-state index in [1.807, 2.05) is 0 Å². The predicted molar refractivity (Wildman–Crippen MR) is 40.4 cm³/mol. The zero-order valence-corrected chi connectivity index (χ0v) is 8.10. The molecule has 13 heavy (non-hydrogen) atoms. The van der Waals surface area contributed by atoms with E-state index in [1.165, 1.54) is 0 Å². The molecule has 0 fully saturated rings. The quantitative estimate of drug-likeness (QED) is 0.442. The van der Waals surface area contributed by atoms with E-state index >= 15 is 0 Å². The van der Waals surface area contributed by atoms with E-state index in [0.717, 1.165) is 0 Å². The number of carboxylic acids is 1. The molecule has 72 valence electrons. The average Bonchev–Trinajstić information content (AvgIpc) is 2.05. The minimum Gasteiger partial charge on any atom is -0.550 e. The van der Waals surface area contributed by atoms with Gasteiger partial charge in [-0.1, -0.05) is 30.3 Å². The zero-order valence-electron chi connectivity index (χ0n) is 6.62. The molecule has 3 nitrogen and oxygen atoms in total. The second kappa shape index (κ2) is 5.70. The van der Waals surface area contributed by atoms with Crippen LogP contribution in [0.2, 0.25) is 0 Å². The van der Waals surface area contributed by atoms with E-state index in [2.05, 4.69) is 0 Å². The van der Waals surface area contributed by atoms with Crippen molar-refractivity contribution in [1.29, 1.82) is 0 Å². The van der Waals surface area contributed by atoms with Crippen LogP contribution in [0, 0.1) is 0 Å². The normalized spacial score (nSPS) is 8.62. The van der Waals surface area contributed by atoms with Gasteiger partial charge in [0.1, 0.15) is 0 Å². The number of carbonyl (C=O) groups is 2. The molecule has 0 heterocycles. The smallest absolute Gasteiger partial charge is 0.550 e. The summed E-state index contributed by atoms with van der Waals surface area (Å²) in [5.74, 6) is -1.76. The van der Waals surface area contributed by atoms with Gasteiger partial charge in [0, 0.05) is 11.5 Å². The van der Waals surface area contributed by atoms with Gasteiger partial charge in [0.15, 0.2) is 5.78 Å². The molecule has 0 spiro atoms. The number of hydrogen-bond acceptors (Lipinski definition) is 3. The summed E-state index contributed by atoms with van der Waals surface area (Å²) in [7, 11) is 0. The monoisotopic (exact) mass is 270 g/mol. The van der Waals surface area contributed by atoms with Crippen LogP contribution in [0.25, 0.3) is 0 Å². The first-order chi connectivity index (χ1) is 5.70. The van der Waals surface area contributed by atoms with Gasteiger partial charge in [0.25, 0.3) is 0 Å². The number of benzene rings is 1. The van der Waals surface area contributed by atoms with Gasteiger partial charge in [-0.3, -0.25) is 4.79 Å². The molecule has 0 saturated carbocycles. The minimum absolute atomic E-state index is 0. The molecule has 0 radical (unpaired) electrons. The fraction of sp³-hybridized carbons (Fsp3) is 0.111. The Kier molecular flexibility index (Phi) is 5.30. The molecule has 0 N–H and O–H groups in total. The van der Waals surface area contributed by atoms with Crippen molar-refractivity contribution in [3.05, 3.63) is 35.9 Å². The van der Waals surface area contributed by atoms with Crippen molar-refractivity contribution in [2.45, 2.75) is 6.42 Å². The maximum absolute atomic E-state index is 11.0.